The lowest BCUT2D eigenvalue weighted by molar-refractivity contribution is 0.645. The topological polar surface area (TPSA) is 37.0 Å². The van der Waals surface area contributed by atoms with Crippen molar-refractivity contribution in [1.29, 1.82) is 0 Å². The summed E-state index contributed by atoms with van der Waals surface area (Å²) in [5.41, 5.74) is 2.35. The SMILES string of the molecule is c1ccc(Nc2ccc([C@@H]3CCCN3)cn2)cc1. The molecule has 0 unspecified atom stereocenters. The molecule has 92 valence electrons. The number of nitrogens with zero attached hydrogens (tertiary/aromatic N) is 1. The van der Waals surface area contributed by atoms with Crippen LogP contribution in [0.2, 0.25) is 0 Å². The number of anilines is 2. The number of aromatic nitrogens is 1. The van der Waals surface area contributed by atoms with Crippen LogP contribution < -0.4 is 10.6 Å². The largest absolute Gasteiger partial charge is 0.340 e. The molecule has 2 heterocycles. The van der Waals surface area contributed by atoms with E-state index < -0.39 is 0 Å². The predicted molar refractivity (Wildman–Crippen MR) is 73.9 cm³/mol. The van der Waals surface area contributed by atoms with Gasteiger partial charge in [0.1, 0.15) is 5.82 Å². The molecule has 2 aromatic rings. The highest BCUT2D eigenvalue weighted by Gasteiger charge is 2.15. The summed E-state index contributed by atoms with van der Waals surface area (Å²) in [5, 5.41) is 6.77. The van der Waals surface area contributed by atoms with Crippen LogP contribution >= 0.6 is 0 Å². The van der Waals surface area contributed by atoms with Crippen molar-refractivity contribution in [2.75, 3.05) is 11.9 Å². The zero-order chi connectivity index (χ0) is 12.2. The van der Waals surface area contributed by atoms with E-state index in [9.17, 15) is 0 Å². The van der Waals surface area contributed by atoms with Crippen LogP contribution in [0.25, 0.3) is 0 Å². The minimum Gasteiger partial charge on any atom is -0.340 e. The minimum atomic E-state index is 0.489. The van der Waals surface area contributed by atoms with Gasteiger partial charge in [0.25, 0.3) is 0 Å². The first-order valence-corrected chi connectivity index (χ1v) is 6.43. The van der Waals surface area contributed by atoms with E-state index in [0.29, 0.717) is 6.04 Å². The van der Waals surface area contributed by atoms with E-state index in [-0.39, 0.29) is 0 Å². The second-order valence-electron chi connectivity index (χ2n) is 4.62. The van der Waals surface area contributed by atoms with Gasteiger partial charge >= 0.3 is 0 Å². The number of rotatable bonds is 3. The average Bonchev–Trinajstić information content (AvgIpc) is 2.95. The number of para-hydroxylation sites is 1. The molecule has 0 radical (unpaired) electrons. The number of pyridine rings is 1. The highest BCUT2D eigenvalue weighted by atomic mass is 15.0. The molecular weight excluding hydrogens is 222 g/mol. The summed E-state index contributed by atoms with van der Waals surface area (Å²) in [6, 6.07) is 14.8. The summed E-state index contributed by atoms with van der Waals surface area (Å²) >= 11 is 0. The van der Waals surface area contributed by atoms with Crippen LogP contribution in [-0.2, 0) is 0 Å². The van der Waals surface area contributed by atoms with E-state index in [1.807, 2.05) is 42.6 Å². The van der Waals surface area contributed by atoms with Gasteiger partial charge in [-0.3, -0.25) is 0 Å². The molecule has 1 fully saturated rings. The molecule has 18 heavy (non-hydrogen) atoms. The van der Waals surface area contributed by atoms with Crippen molar-refractivity contribution in [3.63, 3.8) is 0 Å². The van der Waals surface area contributed by atoms with E-state index in [1.165, 1.54) is 18.4 Å². The molecule has 1 aliphatic heterocycles. The summed E-state index contributed by atoms with van der Waals surface area (Å²) < 4.78 is 0. The van der Waals surface area contributed by atoms with Gasteiger partial charge in [0.05, 0.1) is 0 Å². The maximum atomic E-state index is 4.47. The molecule has 3 heteroatoms. The monoisotopic (exact) mass is 239 g/mol. The van der Waals surface area contributed by atoms with Crippen molar-refractivity contribution in [3.8, 4) is 0 Å². The van der Waals surface area contributed by atoms with Gasteiger partial charge in [-0.1, -0.05) is 24.3 Å². The normalized spacial score (nSPS) is 18.8. The fraction of sp³-hybridized carbons (Fsp3) is 0.267. The fourth-order valence-corrected chi connectivity index (χ4v) is 2.32. The first-order valence-electron chi connectivity index (χ1n) is 6.43. The van der Waals surface area contributed by atoms with Crippen molar-refractivity contribution in [1.82, 2.24) is 10.3 Å². The van der Waals surface area contributed by atoms with Crippen LogP contribution in [0.1, 0.15) is 24.4 Å². The Kier molecular flexibility index (Phi) is 3.24. The standard InChI is InChI=1S/C15H17N3/c1-2-5-13(6-3-1)18-15-9-8-12(11-17-15)14-7-4-10-16-14/h1-3,5-6,8-9,11,14,16H,4,7,10H2,(H,17,18)/t14-/m0/s1. The molecule has 1 aliphatic rings. The van der Waals surface area contributed by atoms with E-state index in [1.54, 1.807) is 0 Å². The van der Waals surface area contributed by atoms with Gasteiger partial charge in [-0.25, -0.2) is 4.98 Å². The Labute approximate surface area is 107 Å². The van der Waals surface area contributed by atoms with Gasteiger partial charge in [-0.05, 0) is 43.1 Å². The molecule has 0 saturated carbocycles. The third kappa shape index (κ3) is 2.51. The van der Waals surface area contributed by atoms with Crippen molar-refractivity contribution in [2.24, 2.45) is 0 Å². The second-order valence-corrected chi connectivity index (χ2v) is 4.62. The van der Waals surface area contributed by atoms with Crippen LogP contribution in [0, 0.1) is 0 Å². The fourth-order valence-electron chi connectivity index (χ4n) is 2.32. The molecular formula is C15H17N3. The molecule has 1 atom stereocenters. The summed E-state index contributed by atoms with van der Waals surface area (Å²) in [4.78, 5) is 4.47. The Morgan fingerprint density at radius 2 is 2.00 bits per heavy atom. The number of nitrogens with one attached hydrogen (secondary N) is 2. The molecule has 1 aromatic heterocycles. The van der Waals surface area contributed by atoms with Crippen molar-refractivity contribution in [2.45, 2.75) is 18.9 Å². The van der Waals surface area contributed by atoms with Gasteiger partial charge in [0.15, 0.2) is 0 Å². The zero-order valence-electron chi connectivity index (χ0n) is 10.3. The summed E-state index contributed by atoms with van der Waals surface area (Å²) in [6.45, 7) is 1.12. The molecule has 0 bridgehead atoms. The van der Waals surface area contributed by atoms with Crippen molar-refractivity contribution < 1.29 is 0 Å². The first-order chi connectivity index (χ1) is 8.92. The van der Waals surface area contributed by atoms with Crippen LogP contribution in [0.15, 0.2) is 48.7 Å². The zero-order valence-corrected chi connectivity index (χ0v) is 10.3. The van der Waals surface area contributed by atoms with Gasteiger partial charge in [-0.15, -0.1) is 0 Å². The van der Waals surface area contributed by atoms with Crippen LogP contribution in [0.3, 0.4) is 0 Å². The van der Waals surface area contributed by atoms with Crippen LogP contribution in [-0.4, -0.2) is 11.5 Å². The van der Waals surface area contributed by atoms with Gasteiger partial charge < -0.3 is 10.6 Å². The van der Waals surface area contributed by atoms with E-state index in [0.717, 1.165) is 18.1 Å². The molecule has 0 spiro atoms. The third-order valence-corrected chi connectivity index (χ3v) is 3.30. The van der Waals surface area contributed by atoms with Gasteiger partial charge in [0, 0.05) is 17.9 Å². The van der Waals surface area contributed by atoms with Crippen molar-refractivity contribution in [3.05, 3.63) is 54.2 Å². The van der Waals surface area contributed by atoms with E-state index in [2.05, 4.69) is 21.7 Å². The van der Waals surface area contributed by atoms with Crippen molar-refractivity contribution >= 4 is 11.5 Å². The van der Waals surface area contributed by atoms with Gasteiger partial charge in [0.2, 0.25) is 0 Å². The summed E-state index contributed by atoms with van der Waals surface area (Å²) in [5.74, 6) is 0.892. The third-order valence-electron chi connectivity index (χ3n) is 3.30. The highest BCUT2D eigenvalue weighted by molar-refractivity contribution is 5.55. The quantitative estimate of drug-likeness (QED) is 0.863. The summed E-state index contributed by atoms with van der Waals surface area (Å²) in [7, 11) is 0. The highest BCUT2D eigenvalue weighted by Crippen LogP contribution is 2.23. The maximum Gasteiger partial charge on any atom is 0.130 e. The van der Waals surface area contributed by atoms with E-state index >= 15 is 0 Å². The molecule has 2 N–H and O–H groups in total. The Morgan fingerprint density at radius 3 is 2.67 bits per heavy atom. The molecule has 3 rings (SSSR count). The molecule has 0 aliphatic carbocycles. The lowest BCUT2D eigenvalue weighted by Crippen LogP contribution is -2.13. The lowest BCUT2D eigenvalue weighted by Gasteiger charge is -2.11. The maximum absolute atomic E-state index is 4.47. The molecule has 1 aromatic carbocycles. The minimum absolute atomic E-state index is 0.489. The lowest BCUT2D eigenvalue weighted by atomic mass is 10.1. The number of hydrogen-bond acceptors (Lipinski definition) is 3. The summed E-state index contributed by atoms with van der Waals surface area (Å²) in [6.07, 6.45) is 4.44. The van der Waals surface area contributed by atoms with Crippen LogP contribution in [0.4, 0.5) is 11.5 Å². The predicted octanol–water partition coefficient (Wildman–Crippen LogP) is 3.25. The number of hydrogen-bond donors (Lipinski definition) is 2. The Morgan fingerprint density at radius 1 is 1.11 bits per heavy atom. The Balaban J connectivity index is 1.71. The van der Waals surface area contributed by atoms with E-state index in [4.69, 9.17) is 0 Å². The molecule has 3 nitrogen and oxygen atoms in total. The Bertz CT molecular complexity index is 487. The number of benzene rings is 1. The second kappa shape index (κ2) is 5.19. The van der Waals surface area contributed by atoms with Crippen LogP contribution in [0.5, 0.6) is 0 Å². The van der Waals surface area contributed by atoms with Gasteiger partial charge in [-0.2, -0.15) is 0 Å². The Hall–Kier alpha value is -1.87. The molecule has 1 saturated heterocycles. The average molecular weight is 239 g/mol. The molecule has 0 amide bonds. The smallest absolute Gasteiger partial charge is 0.130 e. The first kappa shape index (κ1) is 11.2.